The van der Waals surface area contributed by atoms with Crippen molar-refractivity contribution >= 4 is 19.1 Å². The Kier molecular flexibility index (Phi) is 5.28. The van der Waals surface area contributed by atoms with E-state index in [2.05, 4.69) is 6.92 Å². The zero-order chi connectivity index (χ0) is 17.8. The lowest BCUT2D eigenvalue weighted by Gasteiger charge is -2.11. The molecule has 0 aliphatic rings. The highest BCUT2D eigenvalue weighted by molar-refractivity contribution is 7.47. The maximum atomic E-state index is 12.9. The van der Waals surface area contributed by atoms with Crippen LogP contribution in [0.15, 0.2) is 72.8 Å². The molecule has 1 unspecified atom stereocenters. The van der Waals surface area contributed by atoms with E-state index in [1.165, 1.54) is 6.07 Å². The topological polar surface area (TPSA) is 54.4 Å². The molecule has 4 heteroatoms. The van der Waals surface area contributed by atoms with Crippen molar-refractivity contribution in [2.24, 2.45) is 0 Å². The highest BCUT2D eigenvalue weighted by atomic mass is 31.1. The van der Waals surface area contributed by atoms with Gasteiger partial charge < -0.3 is 4.89 Å². The quantitative estimate of drug-likeness (QED) is 0.553. The number of hydrogen-bond donors (Lipinski definition) is 1. The largest absolute Gasteiger partial charge is 0.343 e. The zero-order valence-electron chi connectivity index (χ0n) is 13.9. The Balaban J connectivity index is 2.05. The second kappa shape index (κ2) is 7.60. The van der Waals surface area contributed by atoms with E-state index in [1.807, 2.05) is 42.5 Å². The number of benzene rings is 3. The molecule has 126 valence electrons. The van der Waals surface area contributed by atoms with Gasteiger partial charge in [0, 0.05) is 16.4 Å². The molecular formula is C21H19O3P. The van der Waals surface area contributed by atoms with Crippen molar-refractivity contribution in [3.05, 3.63) is 89.5 Å². The summed E-state index contributed by atoms with van der Waals surface area (Å²) in [5.41, 5.74) is 4.12. The SMILES string of the molecule is CCc1cc(C(=O)c2ccccc2[PH](=O)O)ccc1-c1ccccc1. The molecule has 0 fully saturated rings. The molecular weight excluding hydrogens is 331 g/mol. The average molecular weight is 350 g/mol. The van der Waals surface area contributed by atoms with Gasteiger partial charge in [-0.1, -0.05) is 67.6 Å². The molecule has 0 radical (unpaired) electrons. The van der Waals surface area contributed by atoms with E-state index in [1.54, 1.807) is 24.3 Å². The molecule has 0 bridgehead atoms. The van der Waals surface area contributed by atoms with Crippen LogP contribution in [0.1, 0.15) is 28.4 Å². The Hall–Kier alpha value is -2.48. The molecule has 3 aromatic rings. The van der Waals surface area contributed by atoms with Crippen molar-refractivity contribution in [3.63, 3.8) is 0 Å². The minimum atomic E-state index is -2.93. The number of aryl methyl sites for hydroxylation is 1. The summed E-state index contributed by atoms with van der Waals surface area (Å²) in [6.07, 6.45) is 0.795. The Morgan fingerprint density at radius 1 is 0.960 bits per heavy atom. The number of carbonyl (C=O) groups excluding carboxylic acids is 1. The molecule has 0 spiro atoms. The number of carbonyl (C=O) groups is 1. The summed E-state index contributed by atoms with van der Waals surface area (Å²) in [4.78, 5) is 22.3. The van der Waals surface area contributed by atoms with Crippen LogP contribution in [-0.2, 0) is 11.0 Å². The van der Waals surface area contributed by atoms with Crippen LogP contribution in [0.2, 0.25) is 0 Å². The highest BCUT2D eigenvalue weighted by Gasteiger charge is 2.17. The van der Waals surface area contributed by atoms with E-state index >= 15 is 0 Å². The van der Waals surface area contributed by atoms with Gasteiger partial charge in [-0.05, 0) is 35.2 Å². The summed E-state index contributed by atoms with van der Waals surface area (Å²) in [5.74, 6) is -0.225. The van der Waals surface area contributed by atoms with Gasteiger partial charge in [0.25, 0.3) is 0 Å². The van der Waals surface area contributed by atoms with Gasteiger partial charge in [-0.25, -0.2) is 0 Å². The fraction of sp³-hybridized carbons (Fsp3) is 0.0952. The Labute approximate surface area is 147 Å². The smallest absolute Gasteiger partial charge is 0.218 e. The first-order chi connectivity index (χ1) is 12.1. The van der Waals surface area contributed by atoms with Crippen molar-refractivity contribution in [3.8, 4) is 11.1 Å². The predicted octanol–water partition coefficient (Wildman–Crippen LogP) is 4.24. The summed E-state index contributed by atoms with van der Waals surface area (Å²) in [6.45, 7) is 2.05. The monoisotopic (exact) mass is 350 g/mol. The predicted molar refractivity (Wildman–Crippen MR) is 102 cm³/mol. The summed E-state index contributed by atoms with van der Waals surface area (Å²) >= 11 is 0. The van der Waals surface area contributed by atoms with E-state index < -0.39 is 8.03 Å². The van der Waals surface area contributed by atoms with Gasteiger partial charge in [-0.3, -0.25) is 9.36 Å². The van der Waals surface area contributed by atoms with Crippen LogP contribution in [0.3, 0.4) is 0 Å². The zero-order valence-corrected chi connectivity index (χ0v) is 14.9. The molecule has 0 saturated carbocycles. The van der Waals surface area contributed by atoms with Crippen LogP contribution in [-0.4, -0.2) is 10.7 Å². The van der Waals surface area contributed by atoms with Crippen LogP contribution in [0, 0.1) is 0 Å². The van der Waals surface area contributed by atoms with Gasteiger partial charge in [0.1, 0.15) is 0 Å². The fourth-order valence-electron chi connectivity index (χ4n) is 2.95. The average Bonchev–Trinajstić information content (AvgIpc) is 2.67. The van der Waals surface area contributed by atoms with E-state index in [0.29, 0.717) is 11.1 Å². The first-order valence-corrected chi connectivity index (χ1v) is 9.52. The number of ketones is 1. The van der Waals surface area contributed by atoms with Crippen molar-refractivity contribution in [1.82, 2.24) is 0 Å². The molecule has 3 rings (SSSR count). The van der Waals surface area contributed by atoms with Crippen LogP contribution < -0.4 is 5.30 Å². The molecule has 0 aromatic heterocycles. The third-order valence-electron chi connectivity index (χ3n) is 4.24. The van der Waals surface area contributed by atoms with E-state index in [9.17, 15) is 14.3 Å². The third kappa shape index (κ3) is 3.63. The third-order valence-corrected chi connectivity index (χ3v) is 5.13. The second-order valence-corrected chi connectivity index (χ2v) is 6.92. The van der Waals surface area contributed by atoms with E-state index in [-0.39, 0.29) is 11.1 Å². The summed E-state index contributed by atoms with van der Waals surface area (Å²) in [7, 11) is -2.93. The van der Waals surface area contributed by atoms with Gasteiger partial charge in [0.15, 0.2) is 5.78 Å². The van der Waals surface area contributed by atoms with Gasteiger partial charge in [-0.15, -0.1) is 0 Å². The van der Waals surface area contributed by atoms with Crippen molar-refractivity contribution in [1.29, 1.82) is 0 Å². The molecule has 1 N–H and O–H groups in total. The normalized spacial score (nSPS) is 11.9. The van der Waals surface area contributed by atoms with Crippen molar-refractivity contribution in [2.75, 3.05) is 0 Å². The van der Waals surface area contributed by atoms with Crippen molar-refractivity contribution in [2.45, 2.75) is 13.3 Å². The Morgan fingerprint density at radius 2 is 1.64 bits per heavy atom. The minimum absolute atomic E-state index is 0.211. The molecule has 0 amide bonds. The molecule has 0 heterocycles. The van der Waals surface area contributed by atoms with Crippen molar-refractivity contribution < 1.29 is 14.3 Å². The molecule has 0 aliphatic heterocycles. The fourth-order valence-corrected chi connectivity index (χ4v) is 3.62. The lowest BCUT2D eigenvalue weighted by molar-refractivity contribution is 0.103. The summed E-state index contributed by atoms with van der Waals surface area (Å²) in [6, 6.07) is 22.2. The molecule has 1 atom stereocenters. The number of rotatable bonds is 5. The first kappa shape index (κ1) is 17.3. The van der Waals surface area contributed by atoms with Crippen LogP contribution in [0.5, 0.6) is 0 Å². The lowest BCUT2D eigenvalue weighted by Crippen LogP contribution is -2.13. The van der Waals surface area contributed by atoms with Crippen LogP contribution >= 0.6 is 8.03 Å². The maximum absolute atomic E-state index is 12.9. The Bertz CT molecular complexity index is 933. The standard InChI is InChI=1S/C21H19O3P/c1-2-15-14-17(12-13-18(15)16-8-4-3-5-9-16)21(22)19-10-6-7-11-20(19)25(23)24/h3-14,25H,2H2,1H3,(H,23,24). The van der Waals surface area contributed by atoms with E-state index in [4.69, 9.17) is 0 Å². The summed E-state index contributed by atoms with van der Waals surface area (Å²) < 4.78 is 11.6. The molecule has 3 nitrogen and oxygen atoms in total. The van der Waals surface area contributed by atoms with Crippen LogP contribution in [0.25, 0.3) is 11.1 Å². The maximum Gasteiger partial charge on any atom is 0.218 e. The van der Waals surface area contributed by atoms with Gasteiger partial charge in [0.2, 0.25) is 8.03 Å². The minimum Gasteiger partial charge on any atom is -0.343 e. The first-order valence-electron chi connectivity index (χ1n) is 8.17. The van der Waals surface area contributed by atoms with Gasteiger partial charge >= 0.3 is 0 Å². The highest BCUT2D eigenvalue weighted by Crippen LogP contribution is 2.26. The van der Waals surface area contributed by atoms with Crippen LogP contribution in [0.4, 0.5) is 0 Å². The lowest BCUT2D eigenvalue weighted by atomic mass is 9.93. The number of hydrogen-bond acceptors (Lipinski definition) is 2. The van der Waals surface area contributed by atoms with Gasteiger partial charge in [0.05, 0.1) is 0 Å². The molecule has 25 heavy (non-hydrogen) atoms. The van der Waals surface area contributed by atoms with E-state index in [0.717, 1.165) is 23.1 Å². The molecule has 3 aromatic carbocycles. The Morgan fingerprint density at radius 3 is 2.32 bits per heavy atom. The molecule has 0 saturated heterocycles. The van der Waals surface area contributed by atoms with Gasteiger partial charge in [-0.2, -0.15) is 0 Å². The second-order valence-electron chi connectivity index (χ2n) is 5.77. The molecule has 0 aliphatic carbocycles. The summed E-state index contributed by atoms with van der Waals surface area (Å²) in [5, 5.41) is 0.211.